The summed E-state index contributed by atoms with van der Waals surface area (Å²) in [5.74, 6) is -0.872. The summed E-state index contributed by atoms with van der Waals surface area (Å²) in [6.07, 6.45) is 3.81. The number of rotatable bonds is 5. The van der Waals surface area contributed by atoms with Crippen molar-refractivity contribution in [3.63, 3.8) is 0 Å². The van der Waals surface area contributed by atoms with Gasteiger partial charge in [-0.05, 0) is 50.0 Å². The fourth-order valence-electron chi connectivity index (χ4n) is 3.42. The van der Waals surface area contributed by atoms with Gasteiger partial charge in [0.1, 0.15) is 5.82 Å². The zero-order chi connectivity index (χ0) is 19.5. The molecule has 1 saturated carbocycles. The first-order valence-electron chi connectivity index (χ1n) is 9.72. The van der Waals surface area contributed by atoms with E-state index in [-0.39, 0.29) is 29.5 Å². The van der Waals surface area contributed by atoms with Crippen LogP contribution in [0.25, 0.3) is 0 Å². The molecule has 1 aromatic carbocycles. The smallest absolute Gasteiger partial charge is 0.338 e. The van der Waals surface area contributed by atoms with Gasteiger partial charge in [-0.15, -0.1) is 0 Å². The number of benzene rings is 1. The monoisotopic (exact) mass is 380 g/mol. The molecule has 0 unspecified atom stereocenters. The summed E-state index contributed by atoms with van der Waals surface area (Å²) < 4.78 is 26.7. The fourth-order valence-corrected chi connectivity index (χ4v) is 4.82. The molecule has 146 valence electrons. The SMILES string of the molecule is CCOC(=O)c1cccc(F)c1[C@H]1CCCC[C@@H]1O[Si](C)(C)C(C)(C)C. The molecule has 26 heavy (non-hydrogen) atoms. The zero-order valence-electron chi connectivity index (χ0n) is 17.0. The molecule has 0 aliphatic heterocycles. The van der Waals surface area contributed by atoms with E-state index in [0.717, 1.165) is 25.7 Å². The number of carbonyl (C=O) groups is 1. The van der Waals surface area contributed by atoms with Crippen molar-refractivity contribution in [2.24, 2.45) is 0 Å². The summed E-state index contributed by atoms with van der Waals surface area (Å²) >= 11 is 0. The Balaban J connectivity index is 2.40. The topological polar surface area (TPSA) is 35.5 Å². The van der Waals surface area contributed by atoms with Crippen LogP contribution in [0.4, 0.5) is 4.39 Å². The van der Waals surface area contributed by atoms with Gasteiger partial charge in [-0.3, -0.25) is 0 Å². The minimum atomic E-state index is -1.98. The lowest BCUT2D eigenvalue weighted by molar-refractivity contribution is 0.0519. The molecular weight excluding hydrogens is 347 g/mol. The predicted octanol–water partition coefficient (Wildman–Crippen LogP) is 6.05. The van der Waals surface area contributed by atoms with Crippen LogP contribution in [-0.2, 0) is 9.16 Å². The van der Waals surface area contributed by atoms with Gasteiger partial charge < -0.3 is 9.16 Å². The largest absolute Gasteiger partial charge is 0.462 e. The third kappa shape index (κ3) is 4.55. The highest BCUT2D eigenvalue weighted by Gasteiger charge is 2.42. The van der Waals surface area contributed by atoms with Crippen molar-refractivity contribution >= 4 is 14.3 Å². The van der Waals surface area contributed by atoms with Crippen LogP contribution in [0, 0.1) is 5.82 Å². The second-order valence-electron chi connectivity index (χ2n) is 8.73. The van der Waals surface area contributed by atoms with Crippen molar-refractivity contribution in [3.05, 3.63) is 35.1 Å². The molecule has 1 aromatic rings. The van der Waals surface area contributed by atoms with E-state index in [1.165, 1.54) is 6.07 Å². The number of esters is 1. The minimum Gasteiger partial charge on any atom is -0.462 e. The van der Waals surface area contributed by atoms with E-state index < -0.39 is 14.3 Å². The normalized spacial score (nSPS) is 21.5. The van der Waals surface area contributed by atoms with Gasteiger partial charge in [0, 0.05) is 11.5 Å². The maximum atomic E-state index is 14.8. The molecule has 1 aliphatic carbocycles. The summed E-state index contributed by atoms with van der Waals surface area (Å²) in [6, 6.07) is 4.70. The van der Waals surface area contributed by atoms with Gasteiger partial charge in [-0.2, -0.15) is 0 Å². The van der Waals surface area contributed by atoms with Crippen molar-refractivity contribution < 1.29 is 18.3 Å². The molecule has 1 aliphatic rings. The summed E-state index contributed by atoms with van der Waals surface area (Å²) in [7, 11) is -1.98. The van der Waals surface area contributed by atoms with E-state index in [1.54, 1.807) is 19.1 Å². The van der Waals surface area contributed by atoms with Gasteiger partial charge in [0.15, 0.2) is 8.32 Å². The molecule has 2 atom stereocenters. The lowest BCUT2D eigenvalue weighted by atomic mass is 9.79. The standard InChI is InChI=1S/C21H33FO3Si/c1-7-24-20(23)16-12-10-13-17(22)19(16)15-11-8-9-14-18(15)25-26(5,6)21(2,3)4/h10,12-13,15,18H,7-9,11,14H2,1-6H3/t15-,18-/m0/s1. The lowest BCUT2D eigenvalue weighted by Gasteiger charge is -2.43. The molecule has 0 heterocycles. The Labute approximate surface area is 158 Å². The van der Waals surface area contributed by atoms with Crippen LogP contribution in [0.5, 0.6) is 0 Å². The van der Waals surface area contributed by atoms with E-state index in [2.05, 4.69) is 33.9 Å². The Morgan fingerprint density at radius 3 is 2.50 bits per heavy atom. The first-order chi connectivity index (χ1) is 12.1. The number of ether oxygens (including phenoxy) is 1. The molecule has 2 rings (SSSR count). The van der Waals surface area contributed by atoms with E-state index >= 15 is 0 Å². The zero-order valence-corrected chi connectivity index (χ0v) is 18.0. The van der Waals surface area contributed by atoms with Gasteiger partial charge in [-0.1, -0.05) is 39.7 Å². The van der Waals surface area contributed by atoms with Crippen LogP contribution < -0.4 is 0 Å². The van der Waals surface area contributed by atoms with Crippen molar-refractivity contribution in [1.29, 1.82) is 0 Å². The summed E-state index contributed by atoms with van der Waals surface area (Å²) in [6.45, 7) is 13.1. The highest BCUT2D eigenvalue weighted by Crippen LogP contribution is 2.44. The van der Waals surface area contributed by atoms with Crippen LogP contribution in [-0.4, -0.2) is 27.0 Å². The van der Waals surface area contributed by atoms with E-state index in [9.17, 15) is 9.18 Å². The summed E-state index contributed by atoms with van der Waals surface area (Å²) in [5.41, 5.74) is 0.831. The van der Waals surface area contributed by atoms with Crippen LogP contribution >= 0.6 is 0 Å². The molecule has 0 saturated heterocycles. The lowest BCUT2D eigenvalue weighted by Crippen LogP contribution is -2.46. The molecule has 0 spiro atoms. The second kappa shape index (κ2) is 8.22. The number of halogens is 1. The molecule has 3 nitrogen and oxygen atoms in total. The van der Waals surface area contributed by atoms with Crippen molar-refractivity contribution in [2.75, 3.05) is 6.61 Å². The first kappa shape index (κ1) is 21.1. The fraction of sp³-hybridized carbons (Fsp3) is 0.667. The average molecular weight is 381 g/mol. The highest BCUT2D eigenvalue weighted by molar-refractivity contribution is 6.74. The number of hydrogen-bond donors (Lipinski definition) is 0. The van der Waals surface area contributed by atoms with Crippen molar-refractivity contribution in [1.82, 2.24) is 0 Å². The average Bonchev–Trinajstić information content (AvgIpc) is 2.54. The van der Waals surface area contributed by atoms with Gasteiger partial charge in [0.2, 0.25) is 0 Å². The molecule has 1 fully saturated rings. The van der Waals surface area contributed by atoms with Crippen LogP contribution in [0.2, 0.25) is 18.1 Å². The first-order valence-corrected chi connectivity index (χ1v) is 12.6. The molecule has 0 N–H and O–H groups in total. The van der Waals surface area contributed by atoms with E-state index in [4.69, 9.17) is 9.16 Å². The van der Waals surface area contributed by atoms with E-state index in [1.807, 2.05) is 0 Å². The van der Waals surface area contributed by atoms with Gasteiger partial charge in [0.05, 0.1) is 18.3 Å². The maximum Gasteiger partial charge on any atom is 0.338 e. The quantitative estimate of drug-likeness (QED) is 0.461. The molecular formula is C21H33FO3Si. The van der Waals surface area contributed by atoms with Crippen LogP contribution in [0.3, 0.4) is 0 Å². The maximum absolute atomic E-state index is 14.8. The molecule has 5 heteroatoms. The third-order valence-corrected chi connectivity index (χ3v) is 10.4. The second-order valence-corrected chi connectivity index (χ2v) is 13.5. The predicted molar refractivity (Wildman–Crippen MR) is 106 cm³/mol. The van der Waals surface area contributed by atoms with Crippen molar-refractivity contribution in [2.45, 2.75) is 83.5 Å². The van der Waals surface area contributed by atoms with Gasteiger partial charge in [-0.25, -0.2) is 9.18 Å². The summed E-state index contributed by atoms with van der Waals surface area (Å²) in [4.78, 5) is 12.4. The van der Waals surface area contributed by atoms with Gasteiger partial charge >= 0.3 is 5.97 Å². The molecule has 0 aromatic heterocycles. The minimum absolute atomic E-state index is 0.0466. The Morgan fingerprint density at radius 2 is 1.88 bits per heavy atom. The third-order valence-electron chi connectivity index (χ3n) is 5.87. The number of hydrogen-bond acceptors (Lipinski definition) is 3. The molecule has 0 amide bonds. The van der Waals surface area contributed by atoms with Crippen LogP contribution in [0.1, 0.15) is 75.2 Å². The molecule has 0 radical (unpaired) electrons. The Morgan fingerprint density at radius 1 is 1.23 bits per heavy atom. The Hall–Kier alpha value is -1.20. The summed E-state index contributed by atoms with van der Waals surface area (Å²) in [5, 5.41) is 0.0915. The Bertz CT molecular complexity index is 637. The van der Waals surface area contributed by atoms with E-state index in [0.29, 0.717) is 11.1 Å². The van der Waals surface area contributed by atoms with Crippen molar-refractivity contribution in [3.8, 4) is 0 Å². The van der Waals surface area contributed by atoms with Gasteiger partial charge in [0.25, 0.3) is 0 Å². The highest BCUT2D eigenvalue weighted by atomic mass is 28.4. The number of carbonyl (C=O) groups excluding carboxylic acids is 1. The van der Waals surface area contributed by atoms with Crippen LogP contribution in [0.15, 0.2) is 18.2 Å². The molecule has 0 bridgehead atoms. The Kier molecular flexibility index (Phi) is 6.67.